The summed E-state index contributed by atoms with van der Waals surface area (Å²) in [5.41, 5.74) is 0. The van der Waals surface area contributed by atoms with Gasteiger partial charge in [0.1, 0.15) is 22.4 Å². The van der Waals surface area contributed by atoms with Gasteiger partial charge in [-0.05, 0) is 22.4 Å². The molecule has 1 aromatic rings. The third-order valence-corrected chi connectivity index (χ3v) is 4.85. The van der Waals surface area contributed by atoms with Crippen molar-refractivity contribution >= 4 is 39.3 Å². The Morgan fingerprint density at radius 3 is 2.50 bits per heavy atom. The average molecular weight is 360 g/mol. The molecule has 112 valence electrons. The largest absolute Gasteiger partial charge is 0.369 e. The number of nitrogens with zero attached hydrogens (tertiary/aromatic N) is 3. The number of aromatic nitrogens is 2. The number of rotatable bonds is 7. The van der Waals surface area contributed by atoms with Gasteiger partial charge in [0, 0.05) is 44.2 Å². The maximum atomic E-state index is 4.30. The van der Waals surface area contributed by atoms with Crippen LogP contribution >= 0.6 is 27.7 Å². The van der Waals surface area contributed by atoms with Crippen molar-refractivity contribution in [1.29, 1.82) is 0 Å². The molecule has 20 heavy (non-hydrogen) atoms. The molecular weight excluding hydrogens is 338 g/mol. The van der Waals surface area contributed by atoms with Crippen molar-refractivity contribution in [3.8, 4) is 0 Å². The minimum Gasteiger partial charge on any atom is -0.369 e. The quantitative estimate of drug-likeness (QED) is 0.779. The molecule has 0 spiro atoms. The molecule has 5 nitrogen and oxygen atoms in total. The van der Waals surface area contributed by atoms with Gasteiger partial charge in [-0.2, -0.15) is 11.8 Å². The van der Waals surface area contributed by atoms with E-state index < -0.39 is 0 Å². The second-order valence-electron chi connectivity index (χ2n) is 4.69. The lowest BCUT2D eigenvalue weighted by Gasteiger charge is -2.26. The Bertz CT molecular complexity index is 412. The third kappa shape index (κ3) is 4.79. The zero-order valence-corrected chi connectivity index (χ0v) is 14.3. The molecule has 2 heterocycles. The summed E-state index contributed by atoms with van der Waals surface area (Å²) in [6.45, 7) is 7.42. The van der Waals surface area contributed by atoms with Crippen molar-refractivity contribution in [2.75, 3.05) is 54.9 Å². The van der Waals surface area contributed by atoms with Crippen molar-refractivity contribution < 1.29 is 0 Å². The molecule has 7 heteroatoms. The lowest BCUT2D eigenvalue weighted by atomic mass is 10.4. The predicted octanol–water partition coefficient (Wildman–Crippen LogP) is 2.52. The summed E-state index contributed by atoms with van der Waals surface area (Å²) in [5.74, 6) is 4.23. The first-order valence-corrected chi connectivity index (χ1v) is 9.04. The summed E-state index contributed by atoms with van der Waals surface area (Å²) in [6, 6.07) is 0. The van der Waals surface area contributed by atoms with Crippen LogP contribution in [0, 0.1) is 0 Å². The van der Waals surface area contributed by atoms with Gasteiger partial charge in [-0.15, -0.1) is 0 Å². The van der Waals surface area contributed by atoms with E-state index in [4.69, 9.17) is 0 Å². The molecule has 2 N–H and O–H groups in total. The number of hydrogen-bond acceptors (Lipinski definition) is 6. The van der Waals surface area contributed by atoms with Crippen LogP contribution in [0.15, 0.2) is 10.8 Å². The second-order valence-corrected chi connectivity index (χ2v) is 6.71. The normalized spacial score (nSPS) is 16.1. The molecule has 0 unspecified atom stereocenters. The molecule has 1 aliphatic heterocycles. The number of halogens is 1. The van der Waals surface area contributed by atoms with E-state index in [1.165, 1.54) is 24.6 Å². The molecule has 1 aliphatic rings. The lowest BCUT2D eigenvalue weighted by molar-refractivity contribution is 0.314. The van der Waals surface area contributed by atoms with Crippen molar-refractivity contribution in [3.63, 3.8) is 0 Å². The summed E-state index contributed by atoms with van der Waals surface area (Å²) in [6.07, 6.45) is 2.68. The summed E-state index contributed by atoms with van der Waals surface area (Å²) < 4.78 is 0.919. The fourth-order valence-electron chi connectivity index (χ4n) is 2.02. The van der Waals surface area contributed by atoms with Crippen LogP contribution in [0.3, 0.4) is 0 Å². The van der Waals surface area contributed by atoms with Crippen molar-refractivity contribution in [1.82, 2.24) is 14.9 Å². The van der Waals surface area contributed by atoms with E-state index in [2.05, 4.69) is 48.4 Å². The highest BCUT2D eigenvalue weighted by molar-refractivity contribution is 9.10. The van der Waals surface area contributed by atoms with Gasteiger partial charge < -0.3 is 10.6 Å². The Morgan fingerprint density at radius 1 is 1.20 bits per heavy atom. The summed E-state index contributed by atoms with van der Waals surface area (Å²) in [7, 11) is 0. The van der Waals surface area contributed by atoms with Gasteiger partial charge in [0.15, 0.2) is 0 Å². The molecule has 0 atom stereocenters. The van der Waals surface area contributed by atoms with Crippen molar-refractivity contribution in [2.24, 2.45) is 0 Å². The minimum atomic E-state index is 0.860. The van der Waals surface area contributed by atoms with E-state index in [9.17, 15) is 0 Å². The molecule has 0 saturated carbocycles. The van der Waals surface area contributed by atoms with Crippen LogP contribution in [0.5, 0.6) is 0 Å². The highest BCUT2D eigenvalue weighted by atomic mass is 79.9. The third-order valence-electron chi connectivity index (χ3n) is 3.16. The van der Waals surface area contributed by atoms with E-state index >= 15 is 0 Å². The Morgan fingerprint density at radius 2 is 1.85 bits per heavy atom. The van der Waals surface area contributed by atoms with Crippen LogP contribution in [0.2, 0.25) is 0 Å². The van der Waals surface area contributed by atoms with Gasteiger partial charge in [-0.25, -0.2) is 9.97 Å². The maximum Gasteiger partial charge on any atom is 0.145 e. The highest BCUT2D eigenvalue weighted by Crippen LogP contribution is 2.26. The lowest BCUT2D eigenvalue weighted by Crippen LogP contribution is -2.36. The average Bonchev–Trinajstić information content (AvgIpc) is 2.49. The van der Waals surface area contributed by atoms with E-state index in [-0.39, 0.29) is 0 Å². The Balaban J connectivity index is 1.82. The standard InChI is InChI=1S/C13H22BrN5S/c1-2-3-15-12-11(14)13(18-10-17-12)16-4-5-19-6-8-20-9-7-19/h10H,2-9H2,1H3,(H2,15,16,17,18). The van der Waals surface area contributed by atoms with Crippen molar-refractivity contribution in [2.45, 2.75) is 13.3 Å². The monoisotopic (exact) mass is 359 g/mol. The maximum absolute atomic E-state index is 4.30. The van der Waals surface area contributed by atoms with Gasteiger partial charge >= 0.3 is 0 Å². The Kier molecular flexibility index (Phi) is 6.89. The van der Waals surface area contributed by atoms with Gasteiger partial charge in [-0.3, -0.25) is 4.90 Å². The smallest absolute Gasteiger partial charge is 0.145 e. The first kappa shape index (κ1) is 15.9. The van der Waals surface area contributed by atoms with Crippen LogP contribution in [-0.4, -0.2) is 59.1 Å². The Labute approximate surface area is 133 Å². The van der Waals surface area contributed by atoms with Crippen LogP contribution in [0.1, 0.15) is 13.3 Å². The van der Waals surface area contributed by atoms with E-state index in [1.54, 1.807) is 6.33 Å². The Hall–Kier alpha value is -0.530. The number of anilines is 2. The van der Waals surface area contributed by atoms with Gasteiger partial charge in [0.2, 0.25) is 0 Å². The number of thioether (sulfide) groups is 1. The number of nitrogens with one attached hydrogen (secondary N) is 2. The first-order chi connectivity index (χ1) is 9.81. The molecular formula is C13H22BrN5S. The van der Waals surface area contributed by atoms with Crippen molar-refractivity contribution in [3.05, 3.63) is 10.8 Å². The summed E-state index contributed by atoms with van der Waals surface area (Å²) in [5, 5.41) is 6.68. The van der Waals surface area contributed by atoms with Crippen LogP contribution in [0.4, 0.5) is 11.6 Å². The zero-order chi connectivity index (χ0) is 14.2. The summed E-state index contributed by atoms with van der Waals surface area (Å²) in [4.78, 5) is 11.0. The number of hydrogen-bond donors (Lipinski definition) is 2. The van der Waals surface area contributed by atoms with Crippen LogP contribution in [-0.2, 0) is 0 Å². The van der Waals surface area contributed by atoms with E-state index in [0.29, 0.717) is 0 Å². The molecule has 0 aromatic carbocycles. The predicted molar refractivity (Wildman–Crippen MR) is 90.8 cm³/mol. The van der Waals surface area contributed by atoms with E-state index in [0.717, 1.165) is 42.2 Å². The van der Waals surface area contributed by atoms with Gasteiger partial charge in [0.25, 0.3) is 0 Å². The molecule has 0 radical (unpaired) electrons. The van der Waals surface area contributed by atoms with Gasteiger partial charge in [-0.1, -0.05) is 6.92 Å². The van der Waals surface area contributed by atoms with Crippen LogP contribution < -0.4 is 10.6 Å². The zero-order valence-electron chi connectivity index (χ0n) is 11.9. The molecule has 1 aromatic heterocycles. The molecule has 0 bridgehead atoms. The molecule has 2 rings (SSSR count). The molecule has 1 saturated heterocycles. The first-order valence-electron chi connectivity index (χ1n) is 7.09. The van der Waals surface area contributed by atoms with E-state index in [1.807, 2.05) is 11.8 Å². The topological polar surface area (TPSA) is 53.1 Å². The fraction of sp³-hybridized carbons (Fsp3) is 0.692. The summed E-state index contributed by atoms with van der Waals surface area (Å²) >= 11 is 5.61. The van der Waals surface area contributed by atoms with Gasteiger partial charge in [0.05, 0.1) is 0 Å². The second kappa shape index (κ2) is 8.69. The fourth-order valence-corrected chi connectivity index (χ4v) is 3.48. The highest BCUT2D eigenvalue weighted by Gasteiger charge is 2.11. The minimum absolute atomic E-state index is 0.860. The molecule has 0 amide bonds. The molecule has 1 fully saturated rings. The van der Waals surface area contributed by atoms with Crippen LogP contribution in [0.25, 0.3) is 0 Å². The SMILES string of the molecule is CCCNc1ncnc(NCCN2CCSCC2)c1Br. The molecule has 0 aliphatic carbocycles.